The summed E-state index contributed by atoms with van der Waals surface area (Å²) < 4.78 is 0. The molecule has 0 saturated heterocycles. The van der Waals surface area contributed by atoms with Crippen molar-refractivity contribution in [2.45, 2.75) is 38.5 Å². The number of carboxylic acids is 1. The van der Waals surface area contributed by atoms with E-state index in [1.807, 2.05) is 42.5 Å². The van der Waals surface area contributed by atoms with Crippen molar-refractivity contribution in [3.05, 3.63) is 48.0 Å². The normalized spacial score (nSPS) is 16.7. The van der Waals surface area contributed by atoms with E-state index in [1.54, 1.807) is 0 Å². The monoisotopic (exact) mass is 325 g/mol. The van der Waals surface area contributed by atoms with Crippen molar-refractivity contribution in [1.29, 1.82) is 0 Å². The summed E-state index contributed by atoms with van der Waals surface area (Å²) in [6.45, 7) is 0.231. The van der Waals surface area contributed by atoms with Gasteiger partial charge in [-0.1, -0.05) is 61.7 Å². The summed E-state index contributed by atoms with van der Waals surface area (Å²) in [4.78, 5) is 23.9. The molecule has 1 aliphatic rings. The van der Waals surface area contributed by atoms with Crippen LogP contribution in [-0.2, 0) is 16.0 Å². The third kappa shape index (κ3) is 3.58. The van der Waals surface area contributed by atoms with E-state index < -0.39 is 11.4 Å². The van der Waals surface area contributed by atoms with Crippen molar-refractivity contribution in [2.24, 2.45) is 5.41 Å². The van der Waals surface area contributed by atoms with Crippen LogP contribution in [0, 0.1) is 5.41 Å². The van der Waals surface area contributed by atoms with Crippen molar-refractivity contribution >= 4 is 22.6 Å². The van der Waals surface area contributed by atoms with E-state index in [-0.39, 0.29) is 18.9 Å². The van der Waals surface area contributed by atoms with Crippen LogP contribution < -0.4 is 5.32 Å². The minimum atomic E-state index is -0.784. The van der Waals surface area contributed by atoms with Gasteiger partial charge < -0.3 is 10.4 Å². The average molecular weight is 325 g/mol. The lowest BCUT2D eigenvalue weighted by Gasteiger charge is -2.33. The topological polar surface area (TPSA) is 66.4 Å². The molecule has 0 heterocycles. The van der Waals surface area contributed by atoms with Gasteiger partial charge in [-0.2, -0.15) is 0 Å². The zero-order chi connectivity index (χ0) is 17.0. The zero-order valence-electron chi connectivity index (χ0n) is 13.8. The molecule has 0 radical (unpaired) electrons. The second-order valence-corrected chi connectivity index (χ2v) is 6.78. The number of fused-ring (bicyclic) bond motifs is 1. The molecule has 1 aliphatic carbocycles. The molecule has 4 heteroatoms. The minimum Gasteiger partial charge on any atom is -0.481 e. The summed E-state index contributed by atoms with van der Waals surface area (Å²) in [5.41, 5.74) is 0.163. The summed E-state index contributed by atoms with van der Waals surface area (Å²) in [7, 11) is 0. The number of nitrogens with one attached hydrogen (secondary N) is 1. The molecular weight excluding hydrogens is 302 g/mol. The third-order valence-electron chi connectivity index (χ3n) is 5.07. The Morgan fingerprint density at radius 2 is 1.71 bits per heavy atom. The van der Waals surface area contributed by atoms with Gasteiger partial charge in [-0.05, 0) is 29.2 Å². The predicted molar refractivity (Wildman–Crippen MR) is 93.8 cm³/mol. The molecule has 2 N–H and O–H groups in total. The third-order valence-corrected chi connectivity index (χ3v) is 5.07. The quantitative estimate of drug-likeness (QED) is 0.884. The fourth-order valence-corrected chi connectivity index (χ4v) is 3.56. The molecule has 4 nitrogen and oxygen atoms in total. The van der Waals surface area contributed by atoms with E-state index in [0.29, 0.717) is 12.8 Å². The first kappa shape index (κ1) is 16.5. The maximum Gasteiger partial charge on any atom is 0.311 e. The van der Waals surface area contributed by atoms with Crippen molar-refractivity contribution in [1.82, 2.24) is 5.32 Å². The van der Waals surface area contributed by atoms with Crippen LogP contribution in [-0.4, -0.2) is 23.5 Å². The molecule has 2 aromatic rings. The number of hydrogen-bond acceptors (Lipinski definition) is 2. The molecule has 1 saturated carbocycles. The van der Waals surface area contributed by atoms with Crippen LogP contribution >= 0.6 is 0 Å². The predicted octanol–water partition coefficient (Wildman–Crippen LogP) is 3.53. The lowest BCUT2D eigenvalue weighted by Crippen LogP contribution is -2.44. The Morgan fingerprint density at radius 3 is 2.42 bits per heavy atom. The number of carbonyl (C=O) groups is 2. The maximum atomic E-state index is 12.3. The minimum absolute atomic E-state index is 0.114. The number of amides is 1. The smallest absolute Gasteiger partial charge is 0.311 e. The highest BCUT2D eigenvalue weighted by molar-refractivity contribution is 5.85. The molecule has 3 rings (SSSR count). The highest BCUT2D eigenvalue weighted by Crippen LogP contribution is 2.36. The fourth-order valence-electron chi connectivity index (χ4n) is 3.56. The Morgan fingerprint density at radius 1 is 1.00 bits per heavy atom. The Labute approximate surface area is 141 Å². The van der Waals surface area contributed by atoms with E-state index in [4.69, 9.17) is 0 Å². The molecule has 0 bridgehead atoms. The molecule has 0 spiro atoms. The van der Waals surface area contributed by atoms with Crippen LogP contribution in [0.2, 0.25) is 0 Å². The van der Waals surface area contributed by atoms with Crippen LogP contribution in [0.4, 0.5) is 0 Å². The second-order valence-electron chi connectivity index (χ2n) is 6.78. The fraction of sp³-hybridized carbons (Fsp3) is 0.400. The van der Waals surface area contributed by atoms with Gasteiger partial charge in [0, 0.05) is 6.54 Å². The van der Waals surface area contributed by atoms with Gasteiger partial charge >= 0.3 is 5.97 Å². The van der Waals surface area contributed by atoms with E-state index in [2.05, 4.69) is 5.32 Å². The number of carbonyl (C=O) groups excluding carboxylic acids is 1. The highest BCUT2D eigenvalue weighted by atomic mass is 16.4. The number of rotatable bonds is 5. The van der Waals surface area contributed by atoms with E-state index in [1.165, 1.54) is 0 Å². The SMILES string of the molecule is O=C(Cc1ccc2ccccc2c1)NCC1(C(=O)O)CCCCC1. The Bertz CT molecular complexity index is 747. The largest absolute Gasteiger partial charge is 0.481 e. The maximum absolute atomic E-state index is 12.3. The summed E-state index contributed by atoms with van der Waals surface area (Å²) >= 11 is 0. The van der Waals surface area contributed by atoms with Crippen molar-refractivity contribution < 1.29 is 14.7 Å². The van der Waals surface area contributed by atoms with Crippen LogP contribution in [0.25, 0.3) is 10.8 Å². The van der Waals surface area contributed by atoms with Gasteiger partial charge in [-0.3, -0.25) is 9.59 Å². The van der Waals surface area contributed by atoms with Gasteiger partial charge in [0.1, 0.15) is 0 Å². The number of aliphatic carboxylic acids is 1. The Hall–Kier alpha value is -2.36. The summed E-state index contributed by atoms with van der Waals surface area (Å²) in [5, 5.41) is 14.7. The first-order chi connectivity index (χ1) is 11.6. The molecule has 1 fully saturated rings. The van der Waals surface area contributed by atoms with Crippen molar-refractivity contribution in [2.75, 3.05) is 6.54 Å². The van der Waals surface area contributed by atoms with Crippen LogP contribution in [0.5, 0.6) is 0 Å². The summed E-state index contributed by atoms with van der Waals surface area (Å²) in [6.07, 6.45) is 4.51. The molecule has 24 heavy (non-hydrogen) atoms. The second kappa shape index (κ2) is 7.04. The van der Waals surface area contributed by atoms with Gasteiger partial charge in [0.05, 0.1) is 11.8 Å². The molecule has 0 aliphatic heterocycles. The first-order valence-electron chi connectivity index (χ1n) is 8.57. The molecule has 0 aromatic heterocycles. The average Bonchev–Trinajstić information content (AvgIpc) is 2.60. The summed E-state index contributed by atoms with van der Waals surface area (Å²) in [5.74, 6) is -0.898. The molecule has 1 amide bonds. The van der Waals surface area contributed by atoms with E-state index in [0.717, 1.165) is 35.6 Å². The van der Waals surface area contributed by atoms with Crippen molar-refractivity contribution in [3.8, 4) is 0 Å². The number of carboxylic acid groups (broad SMARTS) is 1. The van der Waals surface area contributed by atoms with Gasteiger partial charge in [-0.25, -0.2) is 0 Å². The van der Waals surface area contributed by atoms with Crippen LogP contribution in [0.1, 0.15) is 37.7 Å². The summed E-state index contributed by atoms with van der Waals surface area (Å²) in [6, 6.07) is 14.0. The van der Waals surface area contributed by atoms with Crippen molar-refractivity contribution in [3.63, 3.8) is 0 Å². The van der Waals surface area contributed by atoms with Gasteiger partial charge in [0.2, 0.25) is 5.91 Å². The molecule has 0 atom stereocenters. The lowest BCUT2D eigenvalue weighted by molar-refractivity contribution is -0.151. The van der Waals surface area contributed by atoms with E-state index in [9.17, 15) is 14.7 Å². The van der Waals surface area contributed by atoms with Crippen LogP contribution in [0.15, 0.2) is 42.5 Å². The van der Waals surface area contributed by atoms with E-state index >= 15 is 0 Å². The lowest BCUT2D eigenvalue weighted by atomic mass is 9.74. The van der Waals surface area contributed by atoms with Crippen LogP contribution in [0.3, 0.4) is 0 Å². The van der Waals surface area contributed by atoms with Gasteiger partial charge in [0.25, 0.3) is 0 Å². The molecular formula is C20H23NO3. The number of hydrogen-bond donors (Lipinski definition) is 2. The first-order valence-corrected chi connectivity index (χ1v) is 8.57. The molecule has 2 aromatic carbocycles. The highest BCUT2D eigenvalue weighted by Gasteiger charge is 2.39. The Balaban J connectivity index is 1.62. The zero-order valence-corrected chi connectivity index (χ0v) is 13.8. The Kier molecular flexibility index (Phi) is 4.84. The molecule has 126 valence electrons. The van der Waals surface area contributed by atoms with Gasteiger partial charge in [-0.15, -0.1) is 0 Å². The molecule has 0 unspecified atom stereocenters. The standard InChI is InChI=1S/C20H23NO3/c22-18(21-14-20(19(23)24)10-4-1-5-11-20)13-15-8-9-16-6-2-3-7-17(16)12-15/h2-3,6-9,12H,1,4-5,10-11,13-14H2,(H,21,22)(H,23,24). The van der Waals surface area contributed by atoms with Gasteiger partial charge in [0.15, 0.2) is 0 Å². The number of benzene rings is 2.